The summed E-state index contributed by atoms with van der Waals surface area (Å²) in [5, 5.41) is 39.8. The molecule has 0 spiro atoms. The number of rotatable bonds is 5. The van der Waals surface area contributed by atoms with Crippen LogP contribution in [0.25, 0.3) is 11.3 Å². The second-order valence-electron chi connectivity index (χ2n) is 7.85. The molecule has 12 heteroatoms. The van der Waals surface area contributed by atoms with Crippen molar-refractivity contribution in [2.24, 2.45) is 0 Å². The minimum absolute atomic E-state index is 0.00172. The molecule has 0 saturated carbocycles. The molecular formula is C22H21BrFN5O4S. The van der Waals surface area contributed by atoms with Gasteiger partial charge in [0.2, 0.25) is 0 Å². The second-order valence-corrected chi connectivity index (χ2v) is 9.27. The molecule has 178 valence electrons. The Kier molecular flexibility index (Phi) is 7.04. The van der Waals surface area contributed by atoms with Crippen LogP contribution in [0.4, 0.5) is 4.39 Å². The molecule has 1 aliphatic heterocycles. The van der Waals surface area contributed by atoms with Gasteiger partial charge in [0, 0.05) is 28.9 Å². The van der Waals surface area contributed by atoms with Gasteiger partial charge in [-0.1, -0.05) is 17.3 Å². The zero-order chi connectivity index (χ0) is 24.6. The maximum Gasteiger partial charge on any atom is 0.150 e. The second kappa shape index (κ2) is 9.69. The molecular weight excluding hydrogens is 529 g/mol. The molecule has 9 nitrogen and oxygen atoms in total. The lowest BCUT2D eigenvalue weighted by Crippen LogP contribution is -2.68. The van der Waals surface area contributed by atoms with Gasteiger partial charge in [-0.2, -0.15) is 5.26 Å². The predicted octanol–water partition coefficient (Wildman–Crippen LogP) is 2.19. The maximum atomic E-state index is 14.2. The van der Waals surface area contributed by atoms with Crippen molar-refractivity contribution in [3.8, 4) is 17.3 Å². The number of hydrogen-bond donors (Lipinski definition) is 3. The molecule has 1 aliphatic rings. The lowest BCUT2D eigenvalue weighted by Gasteiger charge is -2.51. The Hall–Kier alpha value is -2.40. The van der Waals surface area contributed by atoms with E-state index in [9.17, 15) is 19.9 Å². The summed E-state index contributed by atoms with van der Waals surface area (Å²) in [5.41, 5.74) is -1.03. The van der Waals surface area contributed by atoms with Crippen LogP contribution in [0.3, 0.4) is 0 Å². The van der Waals surface area contributed by atoms with Gasteiger partial charge in [-0.05, 0) is 40.5 Å². The van der Waals surface area contributed by atoms with Crippen molar-refractivity contribution in [2.75, 3.05) is 13.7 Å². The molecule has 0 aliphatic carbocycles. The highest BCUT2D eigenvalue weighted by Gasteiger charge is 2.60. The third-order valence-electron chi connectivity index (χ3n) is 5.98. The van der Waals surface area contributed by atoms with Crippen molar-refractivity contribution in [3.05, 3.63) is 63.8 Å². The highest BCUT2D eigenvalue weighted by Crippen LogP contribution is 2.45. The molecule has 5 atom stereocenters. The van der Waals surface area contributed by atoms with E-state index < -0.39 is 41.7 Å². The predicted molar refractivity (Wildman–Crippen MR) is 125 cm³/mol. The largest absolute Gasteiger partial charge is 0.394 e. The van der Waals surface area contributed by atoms with Crippen molar-refractivity contribution in [2.45, 2.75) is 36.2 Å². The number of aryl methyl sites for hydroxylation is 1. The van der Waals surface area contributed by atoms with Gasteiger partial charge in [0.25, 0.3) is 0 Å². The molecule has 0 unspecified atom stereocenters. The highest BCUT2D eigenvalue weighted by molar-refractivity contribution is 9.10. The van der Waals surface area contributed by atoms with Crippen LogP contribution in [0, 0.1) is 24.1 Å². The van der Waals surface area contributed by atoms with Crippen molar-refractivity contribution in [1.82, 2.24) is 20.0 Å². The third kappa shape index (κ3) is 3.92. The van der Waals surface area contributed by atoms with Gasteiger partial charge in [-0.3, -0.25) is 0 Å². The lowest BCUT2D eigenvalue weighted by molar-refractivity contribution is -0.213. The Labute approximate surface area is 208 Å². The number of nitriles is 1. The number of pyridine rings is 1. The molecule has 1 fully saturated rings. The van der Waals surface area contributed by atoms with E-state index in [1.807, 2.05) is 6.07 Å². The number of thiol groups is 1. The van der Waals surface area contributed by atoms with Crippen LogP contribution in [-0.2, 0) is 15.0 Å². The van der Waals surface area contributed by atoms with E-state index in [1.165, 1.54) is 30.3 Å². The van der Waals surface area contributed by atoms with E-state index >= 15 is 0 Å². The minimum Gasteiger partial charge on any atom is -0.394 e. The number of methoxy groups -OCH3 is 1. The summed E-state index contributed by atoms with van der Waals surface area (Å²) in [4.78, 5) is 4.19. The summed E-state index contributed by atoms with van der Waals surface area (Å²) in [6.07, 6.45) is -0.586. The number of aliphatic hydroxyl groups excluding tert-OH is 2. The number of aliphatic hydroxyl groups is 2. The Morgan fingerprint density at radius 1 is 1.41 bits per heavy atom. The van der Waals surface area contributed by atoms with Gasteiger partial charge in [0.05, 0.1) is 12.8 Å². The van der Waals surface area contributed by atoms with E-state index in [2.05, 4.69) is 43.9 Å². The average Bonchev–Trinajstić information content (AvgIpc) is 3.32. The Balaban J connectivity index is 2.02. The van der Waals surface area contributed by atoms with Crippen LogP contribution in [0.15, 0.2) is 41.1 Å². The van der Waals surface area contributed by atoms with E-state index in [4.69, 9.17) is 9.47 Å². The number of aromatic nitrogens is 4. The molecule has 3 aromatic rings. The molecule has 0 bridgehead atoms. The number of hydrogen-bond acceptors (Lipinski definition) is 9. The molecule has 0 amide bonds. The first-order valence-corrected chi connectivity index (χ1v) is 11.5. The summed E-state index contributed by atoms with van der Waals surface area (Å²) in [6, 6.07) is 8.32. The molecule has 34 heavy (non-hydrogen) atoms. The first-order valence-electron chi connectivity index (χ1n) is 10.2. The first kappa shape index (κ1) is 24.7. The maximum absolute atomic E-state index is 14.2. The fraction of sp³-hybridized carbons (Fsp3) is 0.364. The zero-order valence-electron chi connectivity index (χ0n) is 18.1. The lowest BCUT2D eigenvalue weighted by atomic mass is 9.75. The highest BCUT2D eigenvalue weighted by atomic mass is 79.9. The van der Waals surface area contributed by atoms with Crippen LogP contribution < -0.4 is 0 Å². The van der Waals surface area contributed by atoms with Crippen molar-refractivity contribution >= 4 is 28.6 Å². The van der Waals surface area contributed by atoms with Crippen LogP contribution in [0.2, 0.25) is 0 Å². The Morgan fingerprint density at radius 2 is 2.18 bits per heavy atom. The monoisotopic (exact) mass is 549 g/mol. The molecule has 1 saturated heterocycles. The molecule has 0 radical (unpaired) electrons. The van der Waals surface area contributed by atoms with E-state index in [0.29, 0.717) is 21.3 Å². The van der Waals surface area contributed by atoms with Crippen LogP contribution in [0.1, 0.15) is 16.8 Å². The van der Waals surface area contributed by atoms with E-state index in [-0.39, 0.29) is 11.3 Å². The van der Waals surface area contributed by atoms with Crippen molar-refractivity contribution < 1.29 is 24.1 Å². The molecule has 1 aromatic carbocycles. The first-order chi connectivity index (χ1) is 16.3. The van der Waals surface area contributed by atoms with E-state index in [1.54, 1.807) is 25.1 Å². The van der Waals surface area contributed by atoms with Crippen molar-refractivity contribution in [3.63, 3.8) is 0 Å². The van der Waals surface area contributed by atoms with Crippen LogP contribution in [0.5, 0.6) is 0 Å². The Morgan fingerprint density at radius 3 is 2.82 bits per heavy atom. The summed E-state index contributed by atoms with van der Waals surface area (Å²) in [6.45, 7) is 1.11. The van der Waals surface area contributed by atoms with Gasteiger partial charge in [-0.15, -0.1) is 17.7 Å². The fourth-order valence-corrected chi connectivity index (χ4v) is 5.13. The van der Waals surface area contributed by atoms with E-state index in [0.717, 1.165) is 0 Å². The minimum atomic E-state index is -1.64. The SMILES string of the molecule is CO[C@@H]1[C@H](S)O[C@@H](CO)[C@@H](O)[C@@]1(c1cc(Br)cnc1C#N)n1cc(-c2ccc(C)c(F)c2)nn1. The van der Waals surface area contributed by atoms with Gasteiger partial charge in [0.1, 0.15) is 52.6 Å². The molecule has 2 N–H and O–H groups in total. The zero-order valence-corrected chi connectivity index (χ0v) is 20.6. The van der Waals surface area contributed by atoms with Gasteiger partial charge in [0.15, 0.2) is 0 Å². The smallest absolute Gasteiger partial charge is 0.150 e. The summed E-state index contributed by atoms with van der Waals surface area (Å²) >= 11 is 7.87. The number of nitrogens with zero attached hydrogens (tertiary/aromatic N) is 5. The van der Waals surface area contributed by atoms with Crippen LogP contribution >= 0.6 is 28.6 Å². The van der Waals surface area contributed by atoms with Crippen molar-refractivity contribution in [1.29, 1.82) is 5.26 Å². The number of halogens is 2. The molecule has 2 aromatic heterocycles. The third-order valence-corrected chi connectivity index (χ3v) is 6.80. The normalized spacial score (nSPS) is 26.9. The summed E-state index contributed by atoms with van der Waals surface area (Å²) < 4.78 is 27.5. The number of benzene rings is 1. The van der Waals surface area contributed by atoms with Gasteiger partial charge < -0.3 is 19.7 Å². The average molecular weight is 550 g/mol. The fourth-order valence-electron chi connectivity index (χ4n) is 4.30. The summed E-state index contributed by atoms with van der Waals surface area (Å²) in [5.74, 6) is -0.402. The molecule has 3 heterocycles. The summed E-state index contributed by atoms with van der Waals surface area (Å²) in [7, 11) is 1.41. The Bertz CT molecular complexity index is 1250. The van der Waals surface area contributed by atoms with Gasteiger partial charge in [-0.25, -0.2) is 14.1 Å². The topological polar surface area (TPSA) is 126 Å². The number of ether oxygens (including phenoxy) is 2. The van der Waals surface area contributed by atoms with Gasteiger partial charge >= 0.3 is 0 Å². The molecule has 4 rings (SSSR count). The standard InChI is InChI=1S/C22H21BrFN5O4S/c1-11-3-4-12(5-15(11)24)17-9-29(28-27-17)22(14-6-13(23)8-26-16(14)7-25)19(31)18(10-30)33-21(34)20(22)32-2/h3-6,8-9,18-21,30-31,34H,10H2,1-2H3/t18-,19+,20+,21-,22+/m0/s1. The van der Waals surface area contributed by atoms with Crippen LogP contribution in [-0.4, -0.2) is 67.7 Å². The quantitative estimate of drug-likeness (QED) is 0.413.